The summed E-state index contributed by atoms with van der Waals surface area (Å²) in [7, 11) is 0. The first-order chi connectivity index (χ1) is 11.1. The van der Waals surface area contributed by atoms with Gasteiger partial charge in [-0.15, -0.1) is 0 Å². The molecule has 0 aliphatic carbocycles. The highest BCUT2D eigenvalue weighted by Crippen LogP contribution is 2.26. The molecule has 0 radical (unpaired) electrons. The maximum absolute atomic E-state index is 11.5. The normalized spacial score (nSPS) is 11.4. The highest BCUT2D eigenvalue weighted by Gasteiger charge is 2.12. The largest absolute Gasteiger partial charge is 0.478 e. The maximum atomic E-state index is 11.5. The molecule has 0 atom stereocenters. The molecule has 0 spiro atoms. The predicted octanol–water partition coefficient (Wildman–Crippen LogP) is 5.33. The van der Waals surface area contributed by atoms with Crippen molar-refractivity contribution in [2.75, 3.05) is 0 Å². The van der Waals surface area contributed by atoms with Gasteiger partial charge < -0.3 is 9.52 Å². The van der Waals surface area contributed by atoms with Gasteiger partial charge in [0.2, 0.25) is 0 Å². The summed E-state index contributed by atoms with van der Waals surface area (Å²) in [6, 6.07) is 20.3. The van der Waals surface area contributed by atoms with Crippen LogP contribution in [0.3, 0.4) is 0 Å². The highest BCUT2D eigenvalue weighted by molar-refractivity contribution is 9.10. The fraction of sp³-hybridized carbons (Fsp3) is 0. The Morgan fingerprint density at radius 3 is 2.30 bits per heavy atom. The van der Waals surface area contributed by atoms with E-state index in [-0.39, 0.29) is 5.57 Å². The molecule has 0 bridgehead atoms. The highest BCUT2D eigenvalue weighted by atomic mass is 79.9. The summed E-state index contributed by atoms with van der Waals surface area (Å²) < 4.78 is 6.75. The number of hydrogen-bond donors (Lipinski definition) is 1. The van der Waals surface area contributed by atoms with Crippen molar-refractivity contribution in [1.82, 2.24) is 0 Å². The molecule has 3 rings (SSSR count). The van der Waals surface area contributed by atoms with Crippen molar-refractivity contribution in [1.29, 1.82) is 0 Å². The Balaban J connectivity index is 1.95. The molecule has 0 saturated heterocycles. The summed E-state index contributed by atoms with van der Waals surface area (Å²) in [6.45, 7) is 0. The zero-order valence-electron chi connectivity index (χ0n) is 12.1. The van der Waals surface area contributed by atoms with Crippen molar-refractivity contribution >= 4 is 33.5 Å². The molecule has 1 heterocycles. The summed E-state index contributed by atoms with van der Waals surface area (Å²) in [6.07, 6.45) is 1.54. The average molecular weight is 369 g/mol. The lowest BCUT2D eigenvalue weighted by molar-refractivity contribution is -0.130. The fourth-order valence-corrected chi connectivity index (χ4v) is 2.49. The molecular weight excluding hydrogens is 356 g/mol. The van der Waals surface area contributed by atoms with E-state index in [4.69, 9.17) is 4.42 Å². The van der Waals surface area contributed by atoms with E-state index >= 15 is 0 Å². The third-order valence-electron chi connectivity index (χ3n) is 3.36. The Bertz CT molecular complexity index is 846. The van der Waals surface area contributed by atoms with Crippen molar-refractivity contribution in [2.24, 2.45) is 0 Å². The minimum atomic E-state index is -0.988. The third-order valence-corrected chi connectivity index (χ3v) is 3.89. The van der Waals surface area contributed by atoms with Crippen molar-refractivity contribution < 1.29 is 14.3 Å². The number of aliphatic carboxylic acids is 1. The van der Waals surface area contributed by atoms with E-state index in [2.05, 4.69) is 15.9 Å². The van der Waals surface area contributed by atoms with Crippen LogP contribution in [0.15, 0.2) is 75.6 Å². The summed E-state index contributed by atoms with van der Waals surface area (Å²) >= 11 is 3.39. The number of carbonyl (C=O) groups is 1. The van der Waals surface area contributed by atoms with Crippen LogP contribution in [-0.2, 0) is 4.79 Å². The first-order valence-electron chi connectivity index (χ1n) is 7.00. The number of carboxylic acids is 1. The van der Waals surface area contributed by atoms with Crippen LogP contribution >= 0.6 is 15.9 Å². The van der Waals surface area contributed by atoms with Crippen LogP contribution in [0.25, 0.3) is 23.0 Å². The maximum Gasteiger partial charge on any atom is 0.336 e. The molecule has 0 amide bonds. The molecule has 23 heavy (non-hydrogen) atoms. The number of benzene rings is 2. The van der Waals surface area contributed by atoms with Crippen LogP contribution in [0, 0.1) is 0 Å². The second-order valence-corrected chi connectivity index (χ2v) is 5.85. The molecule has 1 N–H and O–H groups in total. The third kappa shape index (κ3) is 3.60. The van der Waals surface area contributed by atoms with Gasteiger partial charge in [-0.05, 0) is 35.9 Å². The second-order valence-electron chi connectivity index (χ2n) is 4.94. The van der Waals surface area contributed by atoms with Gasteiger partial charge in [-0.3, -0.25) is 0 Å². The molecular formula is C19H13BrO3. The zero-order valence-corrected chi connectivity index (χ0v) is 13.7. The Kier molecular flexibility index (Phi) is 4.44. The molecule has 2 aromatic carbocycles. The van der Waals surface area contributed by atoms with Crippen LogP contribution in [0.2, 0.25) is 0 Å². The van der Waals surface area contributed by atoms with Gasteiger partial charge in [0.15, 0.2) is 0 Å². The Morgan fingerprint density at radius 2 is 1.65 bits per heavy atom. The van der Waals surface area contributed by atoms with Crippen molar-refractivity contribution in [2.45, 2.75) is 0 Å². The monoisotopic (exact) mass is 368 g/mol. The Labute approximate surface area is 142 Å². The summed E-state index contributed by atoms with van der Waals surface area (Å²) in [4.78, 5) is 11.5. The van der Waals surface area contributed by atoms with Crippen LogP contribution in [0.4, 0.5) is 0 Å². The number of furan rings is 1. The molecule has 114 valence electrons. The van der Waals surface area contributed by atoms with Gasteiger partial charge >= 0.3 is 5.97 Å². The molecule has 0 unspecified atom stereocenters. The van der Waals surface area contributed by atoms with Gasteiger partial charge in [-0.25, -0.2) is 4.79 Å². The molecule has 1 aromatic heterocycles. The molecule has 0 fully saturated rings. The van der Waals surface area contributed by atoms with Gasteiger partial charge in [0.25, 0.3) is 0 Å². The zero-order chi connectivity index (χ0) is 16.2. The lowest BCUT2D eigenvalue weighted by Crippen LogP contribution is -1.99. The first-order valence-corrected chi connectivity index (χ1v) is 7.79. The molecule has 0 aliphatic heterocycles. The topological polar surface area (TPSA) is 50.4 Å². The molecule has 3 aromatic rings. The van der Waals surface area contributed by atoms with Crippen molar-refractivity contribution in [3.63, 3.8) is 0 Å². The van der Waals surface area contributed by atoms with Gasteiger partial charge in [0.1, 0.15) is 11.5 Å². The van der Waals surface area contributed by atoms with E-state index in [1.807, 2.05) is 48.5 Å². The van der Waals surface area contributed by atoms with Gasteiger partial charge in [-0.2, -0.15) is 0 Å². The number of halogens is 1. The van der Waals surface area contributed by atoms with Crippen LogP contribution in [0.5, 0.6) is 0 Å². The number of hydrogen-bond acceptors (Lipinski definition) is 2. The van der Waals surface area contributed by atoms with Crippen LogP contribution in [0.1, 0.15) is 11.3 Å². The number of carboxylic acid groups (broad SMARTS) is 1. The van der Waals surface area contributed by atoms with Crippen LogP contribution < -0.4 is 0 Å². The average Bonchev–Trinajstić information content (AvgIpc) is 3.02. The van der Waals surface area contributed by atoms with E-state index in [1.165, 1.54) is 0 Å². The summed E-state index contributed by atoms with van der Waals surface area (Å²) in [5.74, 6) is 0.212. The number of rotatable bonds is 4. The molecule has 3 nitrogen and oxygen atoms in total. The molecule has 0 saturated carbocycles. The summed E-state index contributed by atoms with van der Waals surface area (Å²) in [5, 5.41) is 9.43. The molecule has 4 heteroatoms. The summed E-state index contributed by atoms with van der Waals surface area (Å²) in [5.41, 5.74) is 1.77. The van der Waals surface area contributed by atoms with E-state index in [0.717, 1.165) is 10.0 Å². The van der Waals surface area contributed by atoms with Gasteiger partial charge in [-0.1, -0.05) is 58.4 Å². The smallest absolute Gasteiger partial charge is 0.336 e. The minimum absolute atomic E-state index is 0.197. The van der Waals surface area contributed by atoms with Crippen LogP contribution in [-0.4, -0.2) is 11.1 Å². The predicted molar refractivity (Wildman–Crippen MR) is 93.8 cm³/mol. The van der Waals surface area contributed by atoms with E-state index < -0.39 is 5.97 Å². The standard InChI is InChI=1S/C19H13BrO3/c20-15-8-6-14(7-9-15)18-11-10-16(23-18)12-17(19(21)22)13-4-2-1-3-5-13/h1-12H,(H,21,22)/b17-12-. The first kappa shape index (κ1) is 15.3. The second kappa shape index (κ2) is 6.67. The molecule has 0 aliphatic rings. The van der Waals surface area contributed by atoms with Gasteiger partial charge in [0.05, 0.1) is 5.57 Å². The van der Waals surface area contributed by atoms with E-state index in [1.54, 1.807) is 24.3 Å². The van der Waals surface area contributed by atoms with Gasteiger partial charge in [0, 0.05) is 10.0 Å². The van der Waals surface area contributed by atoms with Crippen molar-refractivity contribution in [3.05, 3.63) is 82.5 Å². The SMILES string of the molecule is O=C(O)/C(=C\c1ccc(-c2ccc(Br)cc2)o1)c1ccccc1. The fourth-order valence-electron chi connectivity index (χ4n) is 2.23. The van der Waals surface area contributed by atoms with E-state index in [9.17, 15) is 9.90 Å². The quantitative estimate of drug-likeness (QED) is 0.632. The van der Waals surface area contributed by atoms with E-state index in [0.29, 0.717) is 17.1 Å². The van der Waals surface area contributed by atoms with Crippen molar-refractivity contribution in [3.8, 4) is 11.3 Å². The Hall–Kier alpha value is -2.59. The minimum Gasteiger partial charge on any atom is -0.478 e. The lowest BCUT2D eigenvalue weighted by atomic mass is 10.1. The lowest BCUT2D eigenvalue weighted by Gasteiger charge is -2.01. The Morgan fingerprint density at radius 1 is 0.957 bits per heavy atom.